The number of rotatable bonds is 5. The zero-order valence-electron chi connectivity index (χ0n) is 13.4. The Balaban J connectivity index is 1.53. The summed E-state index contributed by atoms with van der Waals surface area (Å²) >= 11 is 1.55. The first-order chi connectivity index (χ1) is 12.3. The van der Waals surface area contributed by atoms with E-state index in [9.17, 15) is 0 Å². The topological polar surface area (TPSA) is 73.9 Å². The molecule has 0 amide bonds. The highest BCUT2D eigenvalue weighted by molar-refractivity contribution is 7.98. The second-order valence-electron chi connectivity index (χ2n) is 5.23. The molecule has 6 nitrogen and oxygen atoms in total. The average Bonchev–Trinajstić information content (AvgIpc) is 3.15. The molecule has 0 atom stereocenters. The van der Waals surface area contributed by atoms with Gasteiger partial charge in [0.05, 0.1) is 18.4 Å². The molecular weight excluding hydrogens is 336 g/mol. The minimum atomic E-state index is 0.540. The van der Waals surface area contributed by atoms with Gasteiger partial charge in [-0.05, 0) is 18.2 Å². The zero-order valence-corrected chi connectivity index (χ0v) is 14.2. The minimum Gasteiger partial charge on any atom is -0.497 e. The molecule has 0 spiro atoms. The van der Waals surface area contributed by atoms with Gasteiger partial charge in [-0.3, -0.25) is 0 Å². The third-order valence-electron chi connectivity index (χ3n) is 3.63. The van der Waals surface area contributed by atoms with Crippen LogP contribution in [0.25, 0.3) is 22.3 Å². The Morgan fingerprint density at radius 1 is 1.08 bits per heavy atom. The van der Waals surface area contributed by atoms with E-state index >= 15 is 0 Å². The average molecular weight is 350 g/mol. The lowest BCUT2D eigenvalue weighted by molar-refractivity contribution is 0.391. The molecule has 0 bridgehead atoms. The summed E-state index contributed by atoms with van der Waals surface area (Å²) in [5.74, 6) is 2.39. The molecule has 0 aliphatic heterocycles. The molecule has 0 unspecified atom stereocenters. The lowest BCUT2D eigenvalue weighted by Crippen LogP contribution is -1.88. The number of para-hydroxylation sites is 1. The Morgan fingerprint density at radius 3 is 2.92 bits per heavy atom. The number of benzene rings is 2. The molecule has 2 aromatic carbocycles. The van der Waals surface area contributed by atoms with Crippen LogP contribution >= 0.6 is 11.8 Å². The smallest absolute Gasteiger partial charge is 0.237 e. The number of hydrogen-bond acceptors (Lipinski definition) is 7. The van der Waals surface area contributed by atoms with Crippen molar-refractivity contribution in [3.05, 3.63) is 60.7 Å². The molecule has 0 fully saturated rings. The van der Waals surface area contributed by atoms with Gasteiger partial charge in [0.1, 0.15) is 17.1 Å². The molecule has 2 aromatic heterocycles. The normalized spacial score (nSPS) is 10.9. The standard InChI is InChI=1S/C18H14N4O2S/c1-23-13-6-4-5-12(9-13)17-21-16(24-22-17)10-25-18-14-7-2-3-8-15(14)19-11-20-18/h2-9,11H,10H2,1H3. The monoisotopic (exact) mass is 350 g/mol. The van der Waals surface area contributed by atoms with E-state index in [0.29, 0.717) is 17.5 Å². The maximum atomic E-state index is 5.36. The molecule has 4 rings (SSSR count). The molecule has 124 valence electrons. The van der Waals surface area contributed by atoms with Crippen molar-refractivity contribution in [3.63, 3.8) is 0 Å². The van der Waals surface area contributed by atoms with Crippen LogP contribution in [0.1, 0.15) is 5.89 Å². The summed E-state index contributed by atoms with van der Waals surface area (Å²) < 4.78 is 10.6. The molecule has 25 heavy (non-hydrogen) atoms. The van der Waals surface area contributed by atoms with Gasteiger partial charge in [0, 0.05) is 10.9 Å². The van der Waals surface area contributed by atoms with Gasteiger partial charge in [-0.25, -0.2) is 9.97 Å². The SMILES string of the molecule is COc1cccc(-c2noc(CSc3ncnc4ccccc34)n2)c1. The van der Waals surface area contributed by atoms with Crippen LogP contribution in [0.2, 0.25) is 0 Å². The first kappa shape index (κ1) is 15.6. The van der Waals surface area contributed by atoms with Crippen LogP contribution in [-0.2, 0) is 5.75 Å². The predicted molar refractivity (Wildman–Crippen MR) is 95.4 cm³/mol. The van der Waals surface area contributed by atoms with Gasteiger partial charge in [0.25, 0.3) is 0 Å². The van der Waals surface area contributed by atoms with E-state index in [4.69, 9.17) is 9.26 Å². The number of aromatic nitrogens is 4. The van der Waals surface area contributed by atoms with E-state index in [1.807, 2.05) is 48.5 Å². The zero-order chi connectivity index (χ0) is 17.1. The van der Waals surface area contributed by atoms with E-state index < -0.39 is 0 Å². The molecule has 0 aliphatic carbocycles. The number of hydrogen-bond donors (Lipinski definition) is 0. The third-order valence-corrected chi connectivity index (χ3v) is 4.62. The van der Waals surface area contributed by atoms with Gasteiger partial charge in [0.2, 0.25) is 11.7 Å². The Labute approximate surface area is 148 Å². The van der Waals surface area contributed by atoms with E-state index in [-0.39, 0.29) is 0 Å². The number of ether oxygens (including phenoxy) is 1. The van der Waals surface area contributed by atoms with Crippen molar-refractivity contribution in [1.82, 2.24) is 20.1 Å². The van der Waals surface area contributed by atoms with Crippen LogP contribution in [-0.4, -0.2) is 27.2 Å². The van der Waals surface area contributed by atoms with Crippen LogP contribution in [0.4, 0.5) is 0 Å². The van der Waals surface area contributed by atoms with E-state index in [1.54, 1.807) is 25.2 Å². The molecule has 2 heterocycles. The van der Waals surface area contributed by atoms with E-state index in [1.165, 1.54) is 0 Å². The van der Waals surface area contributed by atoms with Crippen molar-refractivity contribution in [1.29, 1.82) is 0 Å². The van der Waals surface area contributed by atoms with Gasteiger partial charge < -0.3 is 9.26 Å². The second kappa shape index (κ2) is 6.90. The molecule has 0 N–H and O–H groups in total. The van der Waals surface area contributed by atoms with Crippen LogP contribution in [0.3, 0.4) is 0 Å². The summed E-state index contributed by atoms with van der Waals surface area (Å²) in [6, 6.07) is 15.5. The molecule has 7 heteroatoms. The molecule has 0 radical (unpaired) electrons. The van der Waals surface area contributed by atoms with Crippen molar-refractivity contribution in [3.8, 4) is 17.1 Å². The summed E-state index contributed by atoms with van der Waals surface area (Å²) in [6.45, 7) is 0. The minimum absolute atomic E-state index is 0.540. The van der Waals surface area contributed by atoms with Crippen molar-refractivity contribution in [2.45, 2.75) is 10.8 Å². The molecular formula is C18H14N4O2S. The molecule has 0 aliphatic rings. The second-order valence-corrected chi connectivity index (χ2v) is 6.19. The van der Waals surface area contributed by atoms with Crippen LogP contribution in [0.15, 0.2) is 64.4 Å². The summed E-state index contributed by atoms with van der Waals surface area (Å²) in [4.78, 5) is 13.1. The van der Waals surface area contributed by atoms with Gasteiger partial charge in [0.15, 0.2) is 0 Å². The van der Waals surface area contributed by atoms with Crippen LogP contribution in [0.5, 0.6) is 5.75 Å². The Hall–Kier alpha value is -2.93. The van der Waals surface area contributed by atoms with Crippen LogP contribution < -0.4 is 4.74 Å². The maximum Gasteiger partial charge on any atom is 0.237 e. The molecule has 0 saturated heterocycles. The lowest BCUT2D eigenvalue weighted by atomic mass is 10.2. The Bertz CT molecular complexity index is 1010. The fraction of sp³-hybridized carbons (Fsp3) is 0.111. The van der Waals surface area contributed by atoms with Gasteiger partial charge >= 0.3 is 0 Å². The van der Waals surface area contributed by atoms with Crippen molar-refractivity contribution < 1.29 is 9.26 Å². The highest BCUT2D eigenvalue weighted by Gasteiger charge is 2.11. The summed E-state index contributed by atoms with van der Waals surface area (Å²) in [7, 11) is 1.63. The fourth-order valence-electron chi connectivity index (χ4n) is 2.42. The van der Waals surface area contributed by atoms with Crippen molar-refractivity contribution in [2.24, 2.45) is 0 Å². The first-order valence-corrected chi connectivity index (χ1v) is 8.61. The van der Waals surface area contributed by atoms with Gasteiger partial charge in [-0.15, -0.1) is 0 Å². The number of fused-ring (bicyclic) bond motifs is 1. The van der Waals surface area contributed by atoms with Crippen LogP contribution in [0, 0.1) is 0 Å². The Morgan fingerprint density at radius 2 is 2.00 bits per heavy atom. The summed E-state index contributed by atoms with van der Waals surface area (Å²) in [5.41, 5.74) is 1.77. The van der Waals surface area contributed by atoms with Crippen molar-refractivity contribution >= 4 is 22.7 Å². The highest BCUT2D eigenvalue weighted by Crippen LogP contribution is 2.28. The number of thioether (sulfide) groups is 1. The third kappa shape index (κ3) is 3.32. The number of methoxy groups -OCH3 is 1. The Kier molecular flexibility index (Phi) is 4.30. The maximum absolute atomic E-state index is 5.36. The van der Waals surface area contributed by atoms with E-state index in [0.717, 1.165) is 27.2 Å². The summed E-state index contributed by atoms with van der Waals surface area (Å²) in [5, 5.41) is 5.96. The number of nitrogens with zero attached hydrogens (tertiary/aromatic N) is 4. The largest absolute Gasteiger partial charge is 0.497 e. The van der Waals surface area contributed by atoms with Gasteiger partial charge in [-0.1, -0.05) is 47.3 Å². The van der Waals surface area contributed by atoms with E-state index in [2.05, 4.69) is 20.1 Å². The first-order valence-electron chi connectivity index (χ1n) is 7.63. The summed E-state index contributed by atoms with van der Waals surface area (Å²) in [6.07, 6.45) is 1.57. The van der Waals surface area contributed by atoms with Gasteiger partial charge in [-0.2, -0.15) is 4.98 Å². The van der Waals surface area contributed by atoms with Crippen molar-refractivity contribution in [2.75, 3.05) is 7.11 Å². The quantitative estimate of drug-likeness (QED) is 0.398. The molecule has 0 saturated carbocycles. The lowest BCUT2D eigenvalue weighted by Gasteiger charge is -2.02. The molecule has 4 aromatic rings. The predicted octanol–water partition coefficient (Wildman–Crippen LogP) is 3.98. The fourth-order valence-corrected chi connectivity index (χ4v) is 3.25. The highest BCUT2D eigenvalue weighted by atomic mass is 32.2.